The molecule has 2 aromatic heterocycles. The van der Waals surface area contributed by atoms with Crippen LogP contribution in [0.3, 0.4) is 0 Å². The molecule has 15 heteroatoms. The van der Waals surface area contributed by atoms with Crippen molar-refractivity contribution in [3.63, 3.8) is 0 Å². The molecular formula is C26H31ClF3N7O3S. The SMILES string of the molecule is COC1CCN(Cc2ccc(-n3cnc(-c4nc(NC5CCN(S(C)(=O)=O)CC5)ncc4C(F)(F)F)c3)c(Cl)c2)C1. The van der Waals surface area contributed by atoms with Gasteiger partial charge in [-0.1, -0.05) is 17.7 Å². The molecule has 0 bridgehead atoms. The van der Waals surface area contributed by atoms with Crippen molar-refractivity contribution in [1.29, 1.82) is 0 Å². The minimum atomic E-state index is -4.70. The number of ether oxygens (including phenoxy) is 1. The monoisotopic (exact) mass is 613 g/mol. The van der Waals surface area contributed by atoms with Gasteiger partial charge in [0.05, 0.1) is 23.1 Å². The van der Waals surface area contributed by atoms with Crippen LogP contribution in [0.5, 0.6) is 0 Å². The van der Waals surface area contributed by atoms with E-state index in [9.17, 15) is 21.6 Å². The number of rotatable bonds is 8. The van der Waals surface area contributed by atoms with Gasteiger partial charge in [0.15, 0.2) is 0 Å². The van der Waals surface area contributed by atoms with Crippen molar-refractivity contribution in [3.05, 3.63) is 53.1 Å². The van der Waals surface area contributed by atoms with E-state index < -0.39 is 21.8 Å². The van der Waals surface area contributed by atoms with Crippen molar-refractivity contribution < 1.29 is 26.3 Å². The lowest BCUT2D eigenvalue weighted by Gasteiger charge is -2.30. The highest BCUT2D eigenvalue weighted by Crippen LogP contribution is 2.36. The van der Waals surface area contributed by atoms with Crippen LogP contribution in [0.2, 0.25) is 5.02 Å². The maximum Gasteiger partial charge on any atom is 0.420 e. The first-order valence-corrected chi connectivity index (χ1v) is 15.4. The summed E-state index contributed by atoms with van der Waals surface area (Å²) < 4.78 is 73.6. The smallest absolute Gasteiger partial charge is 0.380 e. The van der Waals surface area contributed by atoms with Gasteiger partial charge < -0.3 is 14.6 Å². The Hall–Kier alpha value is -2.78. The molecule has 3 aromatic rings. The number of piperidine rings is 1. The van der Waals surface area contributed by atoms with E-state index >= 15 is 0 Å². The molecule has 4 heterocycles. The summed E-state index contributed by atoms with van der Waals surface area (Å²) in [5.74, 6) is 0.0142. The van der Waals surface area contributed by atoms with Gasteiger partial charge in [0, 0.05) is 58.3 Å². The van der Waals surface area contributed by atoms with Crippen molar-refractivity contribution in [2.24, 2.45) is 0 Å². The van der Waals surface area contributed by atoms with E-state index in [0.29, 0.717) is 43.2 Å². The minimum absolute atomic E-state index is 0.0116. The second kappa shape index (κ2) is 11.8. The Bertz CT molecular complexity index is 1490. The predicted molar refractivity (Wildman–Crippen MR) is 148 cm³/mol. The zero-order valence-corrected chi connectivity index (χ0v) is 24.2. The Balaban J connectivity index is 1.35. The number of sulfonamides is 1. The fourth-order valence-electron chi connectivity index (χ4n) is 5.19. The first-order chi connectivity index (χ1) is 19.4. The van der Waals surface area contributed by atoms with Crippen LogP contribution in [-0.4, -0.2) is 88.8 Å². The molecule has 2 aliphatic rings. The van der Waals surface area contributed by atoms with E-state index in [1.807, 2.05) is 18.2 Å². The molecule has 0 saturated carbocycles. The molecule has 1 unspecified atom stereocenters. The Kier molecular flexibility index (Phi) is 8.58. The van der Waals surface area contributed by atoms with Gasteiger partial charge in [0.25, 0.3) is 0 Å². The summed E-state index contributed by atoms with van der Waals surface area (Å²) in [4.78, 5) is 14.6. The van der Waals surface area contributed by atoms with Crippen LogP contribution in [0.25, 0.3) is 17.1 Å². The number of aromatic nitrogens is 4. The fourth-order valence-corrected chi connectivity index (χ4v) is 6.37. The van der Waals surface area contributed by atoms with Crippen LogP contribution < -0.4 is 5.32 Å². The van der Waals surface area contributed by atoms with E-state index in [-0.39, 0.29) is 29.5 Å². The van der Waals surface area contributed by atoms with Crippen LogP contribution in [0.15, 0.2) is 36.9 Å². The van der Waals surface area contributed by atoms with Crippen molar-refractivity contribution in [1.82, 2.24) is 28.7 Å². The first kappa shape index (κ1) is 29.7. The molecule has 222 valence electrons. The number of hydrogen-bond donors (Lipinski definition) is 1. The van der Waals surface area contributed by atoms with Crippen molar-refractivity contribution in [3.8, 4) is 17.1 Å². The molecule has 2 aliphatic heterocycles. The third-order valence-corrected chi connectivity index (χ3v) is 9.04. The number of hydrogen-bond acceptors (Lipinski definition) is 8. The highest BCUT2D eigenvalue weighted by molar-refractivity contribution is 7.88. The van der Waals surface area contributed by atoms with Crippen LogP contribution in [0.4, 0.5) is 19.1 Å². The average molecular weight is 614 g/mol. The van der Waals surface area contributed by atoms with Gasteiger partial charge in [0.1, 0.15) is 23.3 Å². The van der Waals surface area contributed by atoms with Crippen molar-refractivity contribution >= 4 is 27.6 Å². The van der Waals surface area contributed by atoms with Gasteiger partial charge in [-0.05, 0) is 37.0 Å². The molecule has 2 fully saturated rings. The van der Waals surface area contributed by atoms with Gasteiger partial charge in [-0.2, -0.15) is 13.2 Å². The molecule has 10 nitrogen and oxygen atoms in total. The van der Waals surface area contributed by atoms with E-state index in [1.165, 1.54) is 16.8 Å². The van der Waals surface area contributed by atoms with E-state index in [1.54, 1.807) is 11.7 Å². The minimum Gasteiger partial charge on any atom is -0.380 e. The second-order valence-electron chi connectivity index (χ2n) is 10.4. The lowest BCUT2D eigenvalue weighted by Crippen LogP contribution is -2.42. The molecule has 5 rings (SSSR count). The number of imidazole rings is 1. The number of nitrogens with zero attached hydrogens (tertiary/aromatic N) is 6. The second-order valence-corrected chi connectivity index (χ2v) is 12.8. The molecule has 0 amide bonds. The number of benzene rings is 1. The molecule has 2 saturated heterocycles. The van der Waals surface area contributed by atoms with Crippen LogP contribution >= 0.6 is 11.6 Å². The molecular weight excluding hydrogens is 583 g/mol. The number of nitrogens with one attached hydrogen (secondary N) is 1. The van der Waals surface area contributed by atoms with Crippen molar-refractivity contribution in [2.75, 3.05) is 44.9 Å². The first-order valence-electron chi connectivity index (χ1n) is 13.1. The summed E-state index contributed by atoms with van der Waals surface area (Å²) in [6.45, 7) is 3.10. The molecule has 0 spiro atoms. The fraction of sp³-hybridized carbons (Fsp3) is 0.500. The van der Waals surface area contributed by atoms with Crippen molar-refractivity contribution in [2.45, 2.75) is 44.1 Å². The quantitative estimate of drug-likeness (QED) is 0.406. The third-order valence-electron chi connectivity index (χ3n) is 7.43. The summed E-state index contributed by atoms with van der Waals surface area (Å²) in [5.41, 5.74) is 0.226. The van der Waals surface area contributed by atoms with Gasteiger partial charge in [0.2, 0.25) is 16.0 Å². The molecule has 0 radical (unpaired) electrons. The lowest BCUT2D eigenvalue weighted by atomic mass is 10.1. The topological polar surface area (TPSA) is 105 Å². The Labute approximate surface area is 241 Å². The van der Waals surface area contributed by atoms with Gasteiger partial charge in [-0.25, -0.2) is 27.7 Å². The molecule has 41 heavy (non-hydrogen) atoms. The highest BCUT2D eigenvalue weighted by Gasteiger charge is 2.36. The Morgan fingerprint density at radius 1 is 1.15 bits per heavy atom. The summed E-state index contributed by atoms with van der Waals surface area (Å²) in [5, 5.41) is 3.49. The maximum atomic E-state index is 13.9. The average Bonchev–Trinajstić information content (AvgIpc) is 3.58. The number of methoxy groups -OCH3 is 1. The zero-order chi connectivity index (χ0) is 29.4. The van der Waals surface area contributed by atoms with Crippen LogP contribution in [0.1, 0.15) is 30.4 Å². The summed E-state index contributed by atoms with van der Waals surface area (Å²) in [7, 11) is -1.59. The highest BCUT2D eigenvalue weighted by atomic mass is 35.5. The number of anilines is 1. The van der Waals surface area contributed by atoms with Gasteiger partial charge in [-0.3, -0.25) is 4.90 Å². The predicted octanol–water partition coefficient (Wildman–Crippen LogP) is 4.06. The van der Waals surface area contributed by atoms with E-state index in [2.05, 4.69) is 25.2 Å². The zero-order valence-electron chi connectivity index (χ0n) is 22.6. The molecule has 1 atom stereocenters. The largest absolute Gasteiger partial charge is 0.420 e. The molecule has 0 aliphatic carbocycles. The number of halogens is 4. The number of alkyl halides is 3. The normalized spacial score (nSPS) is 19.6. The molecule has 1 N–H and O–H groups in total. The molecule has 1 aromatic carbocycles. The summed E-state index contributed by atoms with van der Waals surface area (Å²) in [6.07, 6.45) is 2.19. The van der Waals surface area contributed by atoms with E-state index in [0.717, 1.165) is 37.5 Å². The Morgan fingerprint density at radius 3 is 2.54 bits per heavy atom. The van der Waals surface area contributed by atoms with Crippen LogP contribution in [0, 0.1) is 0 Å². The van der Waals surface area contributed by atoms with Gasteiger partial charge >= 0.3 is 6.18 Å². The summed E-state index contributed by atoms with van der Waals surface area (Å²) >= 11 is 6.59. The van der Waals surface area contributed by atoms with Gasteiger partial charge in [-0.15, -0.1) is 0 Å². The lowest BCUT2D eigenvalue weighted by molar-refractivity contribution is -0.137. The van der Waals surface area contributed by atoms with E-state index in [4.69, 9.17) is 16.3 Å². The maximum absolute atomic E-state index is 13.9. The van der Waals surface area contributed by atoms with Crippen LogP contribution in [-0.2, 0) is 27.5 Å². The summed E-state index contributed by atoms with van der Waals surface area (Å²) in [6, 6.07) is 5.41. The standard InChI is InChI=1S/C26H31ClF3N7O3S/c1-40-19-7-8-35(14-19)13-17-3-4-23(21(27)11-17)36-15-22(32-16-36)24-20(26(28,29)30)12-31-25(34-24)33-18-5-9-37(10-6-18)41(2,38)39/h3-4,11-12,15-16,18-19H,5-10,13-14H2,1-2H3,(H,31,33,34). The number of likely N-dealkylation sites (tertiary alicyclic amines) is 1. The third kappa shape index (κ3) is 7.00. The Morgan fingerprint density at radius 2 is 1.90 bits per heavy atom.